The van der Waals surface area contributed by atoms with Crippen molar-refractivity contribution in [1.29, 1.82) is 0 Å². The molecule has 1 fully saturated rings. The molecule has 0 unspecified atom stereocenters. The molecular formula is C10H11F2NO. The number of anilines is 1. The number of β-amino-alcohol motifs (C(OH)–C–C–N with tert-alkyl or cyclic N) is 1. The van der Waals surface area contributed by atoms with Crippen LogP contribution in [0.15, 0.2) is 12.1 Å². The van der Waals surface area contributed by atoms with Crippen molar-refractivity contribution in [2.75, 3.05) is 18.0 Å². The molecule has 0 spiro atoms. The van der Waals surface area contributed by atoms with E-state index in [1.807, 2.05) is 0 Å². The van der Waals surface area contributed by atoms with E-state index in [0.29, 0.717) is 18.8 Å². The Hall–Kier alpha value is -1.16. The summed E-state index contributed by atoms with van der Waals surface area (Å²) in [6.45, 7) is 2.29. The van der Waals surface area contributed by atoms with Gasteiger partial charge in [-0.15, -0.1) is 0 Å². The van der Waals surface area contributed by atoms with Gasteiger partial charge in [-0.25, -0.2) is 8.78 Å². The maximum Gasteiger partial charge on any atom is 0.131 e. The van der Waals surface area contributed by atoms with Crippen LogP contribution in [0.25, 0.3) is 0 Å². The first-order chi connectivity index (χ1) is 6.58. The van der Waals surface area contributed by atoms with Crippen LogP contribution < -0.4 is 4.90 Å². The molecule has 1 N–H and O–H groups in total. The third kappa shape index (κ3) is 1.46. The van der Waals surface area contributed by atoms with Crippen LogP contribution in [-0.4, -0.2) is 24.3 Å². The molecule has 2 nitrogen and oxygen atoms in total. The minimum Gasteiger partial charge on any atom is -0.389 e. The van der Waals surface area contributed by atoms with Gasteiger partial charge in [0.25, 0.3) is 0 Å². The number of aliphatic hydroxyl groups excluding tert-OH is 1. The minimum absolute atomic E-state index is 0.0369. The molecule has 1 aliphatic heterocycles. The van der Waals surface area contributed by atoms with Gasteiger partial charge in [-0.2, -0.15) is 0 Å². The normalized spacial score (nSPS) is 17.0. The van der Waals surface area contributed by atoms with Crippen LogP contribution in [0, 0.1) is 18.6 Å². The fourth-order valence-corrected chi connectivity index (χ4v) is 1.48. The lowest BCUT2D eigenvalue weighted by molar-refractivity contribution is 0.142. The standard InChI is InChI=1S/C10H11F2NO/c1-6-9(11)2-7(3-10(6)12)13-4-8(14)5-13/h2-3,8,14H,4-5H2,1H3. The smallest absolute Gasteiger partial charge is 0.131 e. The molecule has 1 aromatic rings. The molecule has 1 heterocycles. The number of halogens is 2. The van der Waals surface area contributed by atoms with Crippen molar-refractivity contribution in [3.8, 4) is 0 Å². The highest BCUT2D eigenvalue weighted by molar-refractivity contribution is 5.51. The molecule has 4 heteroatoms. The Morgan fingerprint density at radius 3 is 2.21 bits per heavy atom. The summed E-state index contributed by atoms with van der Waals surface area (Å²) in [4.78, 5) is 1.73. The lowest BCUT2D eigenvalue weighted by atomic mass is 10.1. The maximum atomic E-state index is 13.1. The number of benzene rings is 1. The predicted octanol–water partition coefficient (Wildman–Crippen LogP) is 1.45. The van der Waals surface area contributed by atoms with E-state index in [9.17, 15) is 8.78 Å². The second-order valence-electron chi connectivity index (χ2n) is 3.59. The van der Waals surface area contributed by atoms with E-state index < -0.39 is 11.6 Å². The first-order valence-corrected chi connectivity index (χ1v) is 4.46. The summed E-state index contributed by atoms with van der Waals surface area (Å²) in [5.41, 5.74) is 0.533. The zero-order valence-electron chi connectivity index (χ0n) is 7.80. The van der Waals surface area contributed by atoms with Gasteiger partial charge in [0.1, 0.15) is 11.6 Å². The molecule has 2 rings (SSSR count). The van der Waals surface area contributed by atoms with Gasteiger partial charge >= 0.3 is 0 Å². The summed E-state index contributed by atoms with van der Waals surface area (Å²) >= 11 is 0. The zero-order chi connectivity index (χ0) is 10.3. The molecule has 0 saturated carbocycles. The molecule has 0 aliphatic carbocycles. The molecule has 0 amide bonds. The molecule has 0 radical (unpaired) electrons. The van der Waals surface area contributed by atoms with Crippen molar-refractivity contribution >= 4 is 5.69 Å². The van der Waals surface area contributed by atoms with Crippen molar-refractivity contribution < 1.29 is 13.9 Å². The average molecular weight is 199 g/mol. The Labute approximate surface area is 80.8 Å². The van der Waals surface area contributed by atoms with E-state index in [4.69, 9.17) is 5.11 Å². The first-order valence-electron chi connectivity index (χ1n) is 4.46. The quantitative estimate of drug-likeness (QED) is 0.740. The predicted molar refractivity (Wildman–Crippen MR) is 49.3 cm³/mol. The summed E-state index contributed by atoms with van der Waals surface area (Å²) in [5.74, 6) is -1.08. The highest BCUT2D eigenvalue weighted by atomic mass is 19.1. The fourth-order valence-electron chi connectivity index (χ4n) is 1.48. The van der Waals surface area contributed by atoms with Crippen molar-refractivity contribution in [1.82, 2.24) is 0 Å². The second kappa shape index (κ2) is 3.20. The van der Waals surface area contributed by atoms with E-state index in [1.165, 1.54) is 19.1 Å². The number of rotatable bonds is 1. The molecular weight excluding hydrogens is 188 g/mol. The number of hydrogen-bond acceptors (Lipinski definition) is 2. The first kappa shape index (κ1) is 9.40. The summed E-state index contributed by atoms with van der Waals surface area (Å²) in [5, 5.41) is 9.04. The summed E-state index contributed by atoms with van der Waals surface area (Å²) in [6.07, 6.45) is -0.373. The summed E-state index contributed by atoms with van der Waals surface area (Å²) < 4.78 is 26.3. The van der Waals surface area contributed by atoms with Gasteiger partial charge in [0, 0.05) is 24.3 Å². The third-order valence-electron chi connectivity index (χ3n) is 2.49. The van der Waals surface area contributed by atoms with Crippen LogP contribution in [0.5, 0.6) is 0 Å². The summed E-state index contributed by atoms with van der Waals surface area (Å²) in [7, 11) is 0. The van der Waals surface area contributed by atoms with Crippen LogP contribution in [0.3, 0.4) is 0 Å². The van der Waals surface area contributed by atoms with Crippen LogP contribution in [0.2, 0.25) is 0 Å². The van der Waals surface area contributed by atoms with E-state index in [2.05, 4.69) is 0 Å². The Balaban J connectivity index is 2.27. The Bertz CT molecular complexity index is 338. The molecule has 0 atom stereocenters. The fraction of sp³-hybridized carbons (Fsp3) is 0.400. The lowest BCUT2D eigenvalue weighted by Crippen LogP contribution is -2.50. The Morgan fingerprint density at radius 2 is 1.79 bits per heavy atom. The zero-order valence-corrected chi connectivity index (χ0v) is 7.80. The van der Waals surface area contributed by atoms with Crippen molar-refractivity contribution in [3.05, 3.63) is 29.3 Å². The van der Waals surface area contributed by atoms with Gasteiger partial charge in [-0.05, 0) is 19.1 Å². The Morgan fingerprint density at radius 1 is 1.29 bits per heavy atom. The topological polar surface area (TPSA) is 23.5 Å². The molecule has 14 heavy (non-hydrogen) atoms. The molecule has 76 valence electrons. The molecule has 1 aliphatic rings. The highest BCUT2D eigenvalue weighted by Crippen LogP contribution is 2.25. The molecule has 1 aromatic carbocycles. The van der Waals surface area contributed by atoms with E-state index >= 15 is 0 Å². The van der Waals surface area contributed by atoms with Crippen molar-refractivity contribution in [2.24, 2.45) is 0 Å². The largest absolute Gasteiger partial charge is 0.389 e. The monoisotopic (exact) mass is 199 g/mol. The maximum absolute atomic E-state index is 13.1. The lowest BCUT2D eigenvalue weighted by Gasteiger charge is -2.37. The van der Waals surface area contributed by atoms with Crippen molar-refractivity contribution in [2.45, 2.75) is 13.0 Å². The third-order valence-corrected chi connectivity index (χ3v) is 2.49. The number of nitrogens with zero attached hydrogens (tertiary/aromatic N) is 1. The van der Waals surface area contributed by atoms with Gasteiger partial charge in [0.05, 0.1) is 6.10 Å². The molecule has 1 saturated heterocycles. The highest BCUT2D eigenvalue weighted by Gasteiger charge is 2.25. The van der Waals surface area contributed by atoms with E-state index in [-0.39, 0.29) is 11.7 Å². The van der Waals surface area contributed by atoms with E-state index in [1.54, 1.807) is 4.90 Å². The van der Waals surface area contributed by atoms with Crippen molar-refractivity contribution in [3.63, 3.8) is 0 Å². The van der Waals surface area contributed by atoms with Gasteiger partial charge in [0.2, 0.25) is 0 Å². The van der Waals surface area contributed by atoms with Crippen LogP contribution in [0.4, 0.5) is 14.5 Å². The van der Waals surface area contributed by atoms with Gasteiger partial charge in [-0.3, -0.25) is 0 Å². The van der Waals surface area contributed by atoms with Crippen LogP contribution in [-0.2, 0) is 0 Å². The molecule has 0 aromatic heterocycles. The average Bonchev–Trinajstić information content (AvgIpc) is 2.08. The van der Waals surface area contributed by atoms with E-state index in [0.717, 1.165) is 0 Å². The number of hydrogen-bond donors (Lipinski definition) is 1. The summed E-state index contributed by atoms with van der Waals surface area (Å²) in [6, 6.07) is 2.59. The van der Waals surface area contributed by atoms with Crippen LogP contribution in [0.1, 0.15) is 5.56 Å². The van der Waals surface area contributed by atoms with Gasteiger partial charge in [0.15, 0.2) is 0 Å². The Kier molecular flexibility index (Phi) is 2.15. The number of aliphatic hydroxyl groups is 1. The van der Waals surface area contributed by atoms with Crippen LogP contribution >= 0.6 is 0 Å². The van der Waals surface area contributed by atoms with Gasteiger partial charge in [-0.1, -0.05) is 0 Å². The minimum atomic E-state index is -0.540. The SMILES string of the molecule is Cc1c(F)cc(N2CC(O)C2)cc1F. The molecule has 0 bridgehead atoms. The van der Waals surface area contributed by atoms with Gasteiger partial charge < -0.3 is 10.0 Å². The second-order valence-corrected chi connectivity index (χ2v) is 3.59.